The minimum Gasteiger partial charge on any atom is -0.462 e. The van der Waals surface area contributed by atoms with Gasteiger partial charge in [-0.15, -0.1) is 0 Å². The van der Waals surface area contributed by atoms with E-state index in [9.17, 15) is 19.0 Å². The maximum absolute atomic E-state index is 12.6. The highest BCUT2D eigenvalue weighted by Crippen LogP contribution is 2.43. The minimum atomic E-state index is -4.37. The number of phosphoric ester groups is 1. The van der Waals surface area contributed by atoms with E-state index in [1.54, 1.807) is 0 Å². The average Bonchev–Trinajstić information content (AvgIpc) is 3.13. The van der Waals surface area contributed by atoms with Crippen molar-refractivity contribution >= 4 is 19.8 Å². The Bertz CT molecular complexity index is 871. The molecule has 2 atom stereocenters. The molecule has 0 aromatic heterocycles. The molecule has 10 heteroatoms. The first kappa shape index (κ1) is 50.8. The third-order valence-corrected chi connectivity index (χ3v) is 10.4. The van der Waals surface area contributed by atoms with E-state index < -0.39 is 26.5 Å². The summed E-state index contributed by atoms with van der Waals surface area (Å²) in [5.41, 5.74) is 5.34. The summed E-state index contributed by atoms with van der Waals surface area (Å²) in [6.45, 7) is 3.74. The van der Waals surface area contributed by atoms with Gasteiger partial charge in [-0.3, -0.25) is 18.6 Å². The van der Waals surface area contributed by atoms with Crippen LogP contribution < -0.4 is 5.73 Å². The molecule has 0 aromatic carbocycles. The molecule has 0 aliphatic rings. The molecule has 0 fully saturated rings. The standard InChI is InChI=1S/C42H82NO8P/c1-3-5-7-9-11-13-15-17-19-21-22-24-26-28-30-32-34-41(44)48-38-40(39-50-52(46,47)49-37-36-43)51-42(45)35-33-31-29-27-25-23-20-18-16-14-12-10-8-6-4-2/h18,20,40H,3-17,19,21-39,43H2,1-2H3,(H,46,47)/b20-18-/t40-/m1/s1. The van der Waals surface area contributed by atoms with Crippen LogP contribution in [0.25, 0.3) is 0 Å². The number of ether oxygens (including phenoxy) is 2. The zero-order chi connectivity index (χ0) is 38.2. The maximum atomic E-state index is 12.6. The van der Waals surface area contributed by atoms with E-state index in [0.717, 1.165) is 51.4 Å². The van der Waals surface area contributed by atoms with E-state index in [4.69, 9.17) is 24.3 Å². The number of allylic oxidation sites excluding steroid dienone is 2. The van der Waals surface area contributed by atoms with Crippen LogP contribution in [0.5, 0.6) is 0 Å². The summed E-state index contributed by atoms with van der Waals surface area (Å²) < 4.78 is 32.8. The van der Waals surface area contributed by atoms with Crippen LogP contribution in [0.15, 0.2) is 12.2 Å². The summed E-state index contributed by atoms with van der Waals surface area (Å²) in [4.78, 5) is 34.8. The van der Waals surface area contributed by atoms with Gasteiger partial charge in [-0.1, -0.05) is 174 Å². The summed E-state index contributed by atoms with van der Waals surface area (Å²) in [5, 5.41) is 0. The Hall–Kier alpha value is -1.25. The first-order chi connectivity index (χ1) is 25.3. The Labute approximate surface area is 319 Å². The van der Waals surface area contributed by atoms with Crippen molar-refractivity contribution in [2.24, 2.45) is 5.73 Å². The second-order valence-corrected chi connectivity index (χ2v) is 16.0. The highest BCUT2D eigenvalue weighted by molar-refractivity contribution is 7.47. The largest absolute Gasteiger partial charge is 0.472 e. The van der Waals surface area contributed by atoms with Gasteiger partial charge in [0, 0.05) is 19.4 Å². The SMILES string of the molecule is CCCCCCCC/C=C\CCCCCCCC(=O)O[C@H](COC(=O)CCCCCCCCCCCCCCCCCC)COP(=O)(O)OCCN. The average molecular weight is 760 g/mol. The van der Waals surface area contributed by atoms with Crippen molar-refractivity contribution in [3.63, 3.8) is 0 Å². The molecule has 0 amide bonds. The number of rotatable bonds is 41. The fraction of sp³-hybridized carbons (Fsp3) is 0.905. The quantitative estimate of drug-likeness (QED) is 0.0270. The Morgan fingerprint density at radius 1 is 0.558 bits per heavy atom. The molecule has 0 saturated heterocycles. The second-order valence-electron chi connectivity index (χ2n) is 14.6. The van der Waals surface area contributed by atoms with Crippen LogP contribution in [0.1, 0.15) is 213 Å². The second kappa shape index (κ2) is 39.4. The van der Waals surface area contributed by atoms with Gasteiger partial charge in [-0.25, -0.2) is 4.57 Å². The van der Waals surface area contributed by atoms with Gasteiger partial charge < -0.3 is 20.1 Å². The van der Waals surface area contributed by atoms with Crippen LogP contribution in [0.2, 0.25) is 0 Å². The van der Waals surface area contributed by atoms with Crippen molar-refractivity contribution in [2.75, 3.05) is 26.4 Å². The number of nitrogens with two attached hydrogens (primary N) is 1. The molecule has 9 nitrogen and oxygen atoms in total. The summed E-state index contributed by atoms with van der Waals surface area (Å²) in [7, 11) is -4.37. The predicted molar refractivity (Wildman–Crippen MR) is 215 cm³/mol. The number of unbranched alkanes of at least 4 members (excludes halogenated alkanes) is 26. The maximum Gasteiger partial charge on any atom is 0.472 e. The number of hydrogen-bond acceptors (Lipinski definition) is 8. The zero-order valence-corrected chi connectivity index (χ0v) is 34.7. The van der Waals surface area contributed by atoms with Gasteiger partial charge in [-0.2, -0.15) is 0 Å². The van der Waals surface area contributed by atoms with Gasteiger partial charge in [0.25, 0.3) is 0 Å². The van der Waals surface area contributed by atoms with Crippen molar-refractivity contribution < 1.29 is 37.6 Å². The topological polar surface area (TPSA) is 134 Å². The van der Waals surface area contributed by atoms with Gasteiger partial charge in [0.2, 0.25) is 0 Å². The normalized spacial score (nSPS) is 13.4. The fourth-order valence-corrected chi connectivity index (χ4v) is 6.92. The lowest BCUT2D eigenvalue weighted by Crippen LogP contribution is -2.29. The summed E-state index contributed by atoms with van der Waals surface area (Å²) >= 11 is 0. The molecule has 0 bridgehead atoms. The Morgan fingerprint density at radius 2 is 0.942 bits per heavy atom. The molecule has 0 radical (unpaired) electrons. The van der Waals surface area contributed by atoms with Crippen LogP contribution in [-0.2, 0) is 32.7 Å². The highest BCUT2D eigenvalue weighted by Gasteiger charge is 2.26. The van der Waals surface area contributed by atoms with Crippen LogP contribution in [0.3, 0.4) is 0 Å². The summed E-state index contributed by atoms with van der Waals surface area (Å²) in [6.07, 6.45) is 39.5. The highest BCUT2D eigenvalue weighted by atomic mass is 31.2. The summed E-state index contributed by atoms with van der Waals surface area (Å²) in [6, 6.07) is 0. The molecule has 0 aromatic rings. The van der Waals surface area contributed by atoms with E-state index in [2.05, 4.69) is 26.0 Å². The number of phosphoric acid groups is 1. The van der Waals surface area contributed by atoms with Gasteiger partial charge in [0.1, 0.15) is 6.61 Å². The Morgan fingerprint density at radius 3 is 1.37 bits per heavy atom. The first-order valence-corrected chi connectivity index (χ1v) is 23.2. The third-order valence-electron chi connectivity index (χ3n) is 9.40. The van der Waals surface area contributed by atoms with Gasteiger partial charge >= 0.3 is 19.8 Å². The Kier molecular flexibility index (Phi) is 38.5. The van der Waals surface area contributed by atoms with Crippen LogP contribution >= 0.6 is 7.82 Å². The van der Waals surface area contributed by atoms with E-state index in [1.807, 2.05) is 0 Å². The smallest absolute Gasteiger partial charge is 0.462 e. The molecule has 0 heterocycles. The molecule has 0 aliphatic carbocycles. The monoisotopic (exact) mass is 760 g/mol. The molecule has 0 saturated carbocycles. The molecular formula is C42H82NO8P. The van der Waals surface area contributed by atoms with Crippen LogP contribution in [-0.4, -0.2) is 49.3 Å². The van der Waals surface area contributed by atoms with Crippen molar-refractivity contribution in [1.82, 2.24) is 0 Å². The number of carbonyl (C=O) groups excluding carboxylic acids is 2. The van der Waals surface area contributed by atoms with Crippen molar-refractivity contribution in [1.29, 1.82) is 0 Å². The lowest BCUT2D eigenvalue weighted by atomic mass is 10.0. The molecule has 3 N–H and O–H groups in total. The number of hydrogen-bond donors (Lipinski definition) is 2. The fourth-order valence-electron chi connectivity index (χ4n) is 6.16. The molecule has 0 spiro atoms. The summed E-state index contributed by atoms with van der Waals surface area (Å²) in [5.74, 6) is -0.828. The van der Waals surface area contributed by atoms with Crippen molar-refractivity contribution in [3.8, 4) is 0 Å². The molecule has 52 heavy (non-hydrogen) atoms. The van der Waals surface area contributed by atoms with E-state index >= 15 is 0 Å². The Balaban J connectivity index is 4.13. The first-order valence-electron chi connectivity index (χ1n) is 21.7. The van der Waals surface area contributed by atoms with E-state index in [0.29, 0.717) is 6.42 Å². The third kappa shape index (κ3) is 38.5. The predicted octanol–water partition coefficient (Wildman–Crippen LogP) is 12.2. The van der Waals surface area contributed by atoms with Crippen LogP contribution in [0, 0.1) is 0 Å². The van der Waals surface area contributed by atoms with E-state index in [1.165, 1.54) is 128 Å². The molecular weight excluding hydrogens is 677 g/mol. The number of esters is 2. The minimum absolute atomic E-state index is 0.0548. The van der Waals surface area contributed by atoms with E-state index in [-0.39, 0.29) is 38.6 Å². The van der Waals surface area contributed by atoms with Crippen LogP contribution in [0.4, 0.5) is 0 Å². The molecule has 0 rings (SSSR count). The molecule has 1 unspecified atom stereocenters. The van der Waals surface area contributed by atoms with Gasteiger partial charge in [-0.05, 0) is 38.5 Å². The molecule has 308 valence electrons. The number of carbonyl (C=O) groups is 2. The zero-order valence-electron chi connectivity index (χ0n) is 33.8. The lowest BCUT2D eigenvalue weighted by molar-refractivity contribution is -0.161. The van der Waals surface area contributed by atoms with Crippen molar-refractivity contribution in [3.05, 3.63) is 12.2 Å². The van der Waals surface area contributed by atoms with Gasteiger partial charge in [0.05, 0.1) is 13.2 Å². The molecule has 0 aliphatic heterocycles. The lowest BCUT2D eigenvalue weighted by Gasteiger charge is -2.19. The van der Waals surface area contributed by atoms with Gasteiger partial charge in [0.15, 0.2) is 6.10 Å². The van der Waals surface area contributed by atoms with Crippen molar-refractivity contribution in [2.45, 2.75) is 219 Å².